The highest BCUT2D eigenvalue weighted by Gasteiger charge is 2.36. The van der Waals surface area contributed by atoms with E-state index in [0.29, 0.717) is 25.9 Å². The summed E-state index contributed by atoms with van der Waals surface area (Å²) in [5, 5.41) is 10.9. The van der Waals surface area contributed by atoms with Crippen molar-refractivity contribution in [1.82, 2.24) is 9.96 Å². The van der Waals surface area contributed by atoms with Gasteiger partial charge in [-0.3, -0.25) is 4.90 Å². The average molecular weight is 258 g/mol. The second-order valence-corrected chi connectivity index (χ2v) is 5.83. The van der Waals surface area contributed by atoms with E-state index in [-0.39, 0.29) is 0 Å². The fourth-order valence-electron chi connectivity index (χ4n) is 3.22. The van der Waals surface area contributed by atoms with Gasteiger partial charge in [0, 0.05) is 26.2 Å². The third-order valence-electron chi connectivity index (χ3n) is 4.41. The van der Waals surface area contributed by atoms with Gasteiger partial charge in [0.2, 0.25) is 0 Å². The first kappa shape index (κ1) is 14.2. The van der Waals surface area contributed by atoms with Crippen LogP contribution in [0, 0.1) is 0 Å². The molecule has 0 bridgehead atoms. The van der Waals surface area contributed by atoms with Gasteiger partial charge in [-0.05, 0) is 38.5 Å². The highest BCUT2D eigenvalue weighted by molar-refractivity contribution is 4.83. The SMILES string of the molecule is ON1CCCCN(C2(F)CCCCCCC2)CC1. The van der Waals surface area contributed by atoms with Crippen molar-refractivity contribution in [2.75, 3.05) is 26.2 Å². The minimum absolute atomic E-state index is 0.575. The Labute approximate surface area is 110 Å². The first-order chi connectivity index (χ1) is 8.71. The summed E-state index contributed by atoms with van der Waals surface area (Å²) in [6.45, 7) is 2.82. The van der Waals surface area contributed by atoms with Crippen molar-refractivity contribution < 1.29 is 9.60 Å². The van der Waals surface area contributed by atoms with Crippen LogP contribution in [-0.2, 0) is 0 Å². The van der Waals surface area contributed by atoms with Crippen LogP contribution in [0.1, 0.15) is 57.8 Å². The molecule has 2 aliphatic rings. The Morgan fingerprint density at radius 2 is 1.33 bits per heavy atom. The molecular formula is C14H27FN2O. The number of nitrogens with zero attached hydrogens (tertiary/aromatic N) is 2. The van der Waals surface area contributed by atoms with E-state index in [1.165, 1.54) is 24.3 Å². The summed E-state index contributed by atoms with van der Waals surface area (Å²) < 4.78 is 15.2. The number of hydrogen-bond donors (Lipinski definition) is 1. The molecule has 1 saturated heterocycles. The van der Waals surface area contributed by atoms with Gasteiger partial charge in [0.15, 0.2) is 5.79 Å². The maximum absolute atomic E-state index is 15.2. The zero-order chi connectivity index (χ0) is 12.8. The van der Waals surface area contributed by atoms with Crippen molar-refractivity contribution >= 4 is 0 Å². The summed E-state index contributed by atoms with van der Waals surface area (Å²) in [6.07, 6.45) is 8.94. The van der Waals surface area contributed by atoms with Crippen LogP contribution in [0.3, 0.4) is 0 Å². The zero-order valence-corrected chi connectivity index (χ0v) is 11.4. The minimum atomic E-state index is -1.11. The highest BCUT2D eigenvalue weighted by atomic mass is 19.1. The highest BCUT2D eigenvalue weighted by Crippen LogP contribution is 2.33. The number of hydrogen-bond acceptors (Lipinski definition) is 3. The maximum Gasteiger partial charge on any atom is 0.164 e. The van der Waals surface area contributed by atoms with Crippen molar-refractivity contribution in [2.45, 2.75) is 63.6 Å². The van der Waals surface area contributed by atoms with Crippen molar-refractivity contribution in [3.05, 3.63) is 0 Å². The van der Waals surface area contributed by atoms with Gasteiger partial charge in [-0.2, -0.15) is 5.06 Å². The van der Waals surface area contributed by atoms with Gasteiger partial charge in [-0.25, -0.2) is 4.39 Å². The topological polar surface area (TPSA) is 26.7 Å². The lowest BCUT2D eigenvalue weighted by atomic mass is 9.93. The molecule has 2 fully saturated rings. The van der Waals surface area contributed by atoms with E-state index >= 15 is 4.39 Å². The Bertz CT molecular complexity index is 242. The Balaban J connectivity index is 1.96. The van der Waals surface area contributed by atoms with Crippen molar-refractivity contribution in [2.24, 2.45) is 0 Å². The summed E-state index contributed by atoms with van der Waals surface area (Å²) in [4.78, 5) is 2.00. The van der Waals surface area contributed by atoms with Gasteiger partial charge >= 0.3 is 0 Å². The normalized spacial score (nSPS) is 29.0. The van der Waals surface area contributed by atoms with Crippen LogP contribution in [-0.4, -0.2) is 47.1 Å². The fraction of sp³-hybridized carbons (Fsp3) is 1.00. The summed E-state index contributed by atoms with van der Waals surface area (Å²) in [6, 6.07) is 0. The third-order valence-corrected chi connectivity index (χ3v) is 4.41. The largest absolute Gasteiger partial charge is 0.314 e. The Kier molecular flexibility index (Phi) is 5.39. The van der Waals surface area contributed by atoms with Gasteiger partial charge in [0.1, 0.15) is 0 Å². The van der Waals surface area contributed by atoms with E-state index in [2.05, 4.69) is 0 Å². The molecule has 0 radical (unpaired) electrons. The average Bonchev–Trinajstić information content (AvgIpc) is 2.29. The number of hydroxylamine groups is 2. The number of halogens is 1. The first-order valence-electron chi connectivity index (χ1n) is 7.58. The molecule has 1 heterocycles. The van der Waals surface area contributed by atoms with Crippen LogP contribution in [0.15, 0.2) is 0 Å². The number of rotatable bonds is 1. The van der Waals surface area contributed by atoms with E-state index in [0.717, 1.165) is 38.8 Å². The van der Waals surface area contributed by atoms with Gasteiger partial charge in [0.25, 0.3) is 0 Å². The summed E-state index contributed by atoms with van der Waals surface area (Å²) >= 11 is 0. The van der Waals surface area contributed by atoms with Crippen LogP contribution < -0.4 is 0 Å². The molecule has 1 aliphatic heterocycles. The molecule has 1 N–H and O–H groups in total. The van der Waals surface area contributed by atoms with E-state index in [4.69, 9.17) is 0 Å². The predicted octanol–water partition coefficient (Wildman–Crippen LogP) is 3.18. The zero-order valence-electron chi connectivity index (χ0n) is 11.4. The molecule has 106 valence electrons. The van der Waals surface area contributed by atoms with Crippen molar-refractivity contribution in [3.8, 4) is 0 Å². The molecule has 18 heavy (non-hydrogen) atoms. The van der Waals surface area contributed by atoms with E-state index in [1.807, 2.05) is 4.90 Å². The molecule has 0 atom stereocenters. The number of alkyl halides is 1. The molecule has 1 aliphatic carbocycles. The fourth-order valence-corrected chi connectivity index (χ4v) is 3.22. The lowest BCUT2D eigenvalue weighted by Crippen LogP contribution is -2.50. The van der Waals surface area contributed by atoms with Crippen LogP contribution in [0.5, 0.6) is 0 Å². The molecule has 0 aromatic heterocycles. The molecule has 0 aromatic rings. The maximum atomic E-state index is 15.2. The van der Waals surface area contributed by atoms with Gasteiger partial charge in [-0.15, -0.1) is 0 Å². The molecule has 4 heteroatoms. The van der Waals surface area contributed by atoms with E-state index in [9.17, 15) is 5.21 Å². The van der Waals surface area contributed by atoms with Crippen molar-refractivity contribution in [3.63, 3.8) is 0 Å². The molecule has 2 rings (SSSR count). The lowest BCUT2D eigenvalue weighted by molar-refractivity contribution is -0.125. The third kappa shape index (κ3) is 3.90. The first-order valence-corrected chi connectivity index (χ1v) is 7.58. The minimum Gasteiger partial charge on any atom is -0.314 e. The Morgan fingerprint density at radius 1 is 0.722 bits per heavy atom. The quantitative estimate of drug-likeness (QED) is 0.732. The van der Waals surface area contributed by atoms with Crippen LogP contribution in [0.25, 0.3) is 0 Å². The Hall–Kier alpha value is -0.190. The molecule has 0 spiro atoms. The smallest absolute Gasteiger partial charge is 0.164 e. The summed E-state index contributed by atoms with van der Waals surface area (Å²) in [7, 11) is 0. The lowest BCUT2D eigenvalue weighted by Gasteiger charge is -2.40. The summed E-state index contributed by atoms with van der Waals surface area (Å²) in [5.41, 5.74) is 0. The van der Waals surface area contributed by atoms with Crippen LogP contribution in [0.4, 0.5) is 4.39 Å². The molecule has 3 nitrogen and oxygen atoms in total. The van der Waals surface area contributed by atoms with E-state index < -0.39 is 5.79 Å². The Morgan fingerprint density at radius 3 is 2.06 bits per heavy atom. The second kappa shape index (κ2) is 6.83. The second-order valence-electron chi connectivity index (χ2n) is 5.83. The van der Waals surface area contributed by atoms with Crippen LogP contribution in [0.2, 0.25) is 0 Å². The predicted molar refractivity (Wildman–Crippen MR) is 70.3 cm³/mol. The van der Waals surface area contributed by atoms with Gasteiger partial charge in [0.05, 0.1) is 0 Å². The molecule has 1 saturated carbocycles. The van der Waals surface area contributed by atoms with Gasteiger partial charge < -0.3 is 5.21 Å². The van der Waals surface area contributed by atoms with E-state index in [1.54, 1.807) is 0 Å². The monoisotopic (exact) mass is 258 g/mol. The molecular weight excluding hydrogens is 231 g/mol. The van der Waals surface area contributed by atoms with Crippen molar-refractivity contribution in [1.29, 1.82) is 0 Å². The standard InChI is InChI=1S/C14H27FN2O/c15-14(8-4-2-1-3-5-9-14)16-10-6-7-11-17(18)13-12-16/h18H,1-13H2. The van der Waals surface area contributed by atoms with Crippen LogP contribution >= 0.6 is 0 Å². The molecule has 0 aromatic carbocycles. The van der Waals surface area contributed by atoms with Gasteiger partial charge in [-0.1, -0.05) is 19.3 Å². The summed E-state index contributed by atoms with van der Waals surface area (Å²) in [5.74, 6) is -1.11. The molecule has 0 unspecified atom stereocenters. The molecule has 0 amide bonds.